The van der Waals surface area contributed by atoms with Crippen molar-refractivity contribution in [2.45, 2.75) is 46.3 Å². The van der Waals surface area contributed by atoms with Crippen molar-refractivity contribution in [1.29, 1.82) is 0 Å². The Morgan fingerprint density at radius 1 is 1.13 bits per heavy atom. The molecule has 5 nitrogen and oxygen atoms in total. The van der Waals surface area contributed by atoms with Gasteiger partial charge in [-0.05, 0) is 33.8 Å². The summed E-state index contributed by atoms with van der Waals surface area (Å²) in [7, 11) is 3.48. The summed E-state index contributed by atoms with van der Waals surface area (Å²) in [6, 6.07) is 9.09. The van der Waals surface area contributed by atoms with Gasteiger partial charge in [0, 0.05) is 44.3 Å². The maximum absolute atomic E-state index is 5.37. The highest BCUT2D eigenvalue weighted by Gasteiger charge is 2.12. The molecule has 0 spiro atoms. The van der Waals surface area contributed by atoms with Gasteiger partial charge >= 0.3 is 0 Å². The van der Waals surface area contributed by atoms with E-state index in [9.17, 15) is 0 Å². The van der Waals surface area contributed by atoms with Crippen LogP contribution in [0.25, 0.3) is 0 Å². The Morgan fingerprint density at radius 3 is 2.35 bits per heavy atom. The maximum Gasteiger partial charge on any atom is 0.191 e. The van der Waals surface area contributed by atoms with Gasteiger partial charge in [0.25, 0.3) is 0 Å². The van der Waals surface area contributed by atoms with Gasteiger partial charge in [-0.15, -0.1) is 0 Å². The van der Waals surface area contributed by atoms with E-state index in [-0.39, 0.29) is 0 Å². The molecule has 1 aromatic rings. The maximum atomic E-state index is 5.37. The monoisotopic (exact) mass is 320 g/mol. The molecule has 0 unspecified atom stereocenters. The SMILES string of the molecule is CN=C(NCCN(C(C)C)C(C)C)NCc1ccccc1OC. The zero-order valence-electron chi connectivity index (χ0n) is 15.4. The molecule has 0 fully saturated rings. The summed E-state index contributed by atoms with van der Waals surface area (Å²) >= 11 is 0. The van der Waals surface area contributed by atoms with Crippen molar-refractivity contribution in [1.82, 2.24) is 15.5 Å². The van der Waals surface area contributed by atoms with Gasteiger partial charge < -0.3 is 15.4 Å². The molecule has 0 saturated heterocycles. The van der Waals surface area contributed by atoms with Crippen LogP contribution in [0, 0.1) is 0 Å². The molecule has 0 aliphatic rings. The van der Waals surface area contributed by atoms with E-state index in [1.54, 1.807) is 14.2 Å². The molecular weight excluding hydrogens is 288 g/mol. The minimum Gasteiger partial charge on any atom is -0.496 e. The molecule has 0 radical (unpaired) electrons. The quantitative estimate of drug-likeness (QED) is 0.571. The molecule has 0 atom stereocenters. The fourth-order valence-corrected chi connectivity index (χ4v) is 2.66. The lowest BCUT2D eigenvalue weighted by molar-refractivity contribution is 0.178. The first kappa shape index (κ1) is 19.3. The second-order valence-corrected chi connectivity index (χ2v) is 6.09. The van der Waals surface area contributed by atoms with Crippen molar-refractivity contribution in [2.24, 2.45) is 4.99 Å². The van der Waals surface area contributed by atoms with Gasteiger partial charge in [0.05, 0.1) is 7.11 Å². The van der Waals surface area contributed by atoms with Crippen LogP contribution in [0.2, 0.25) is 0 Å². The van der Waals surface area contributed by atoms with Gasteiger partial charge in [-0.3, -0.25) is 9.89 Å². The van der Waals surface area contributed by atoms with Crippen molar-refractivity contribution in [2.75, 3.05) is 27.2 Å². The number of aliphatic imine (C=N–C) groups is 1. The lowest BCUT2D eigenvalue weighted by Crippen LogP contribution is -2.45. The van der Waals surface area contributed by atoms with E-state index in [4.69, 9.17) is 4.74 Å². The molecule has 0 aromatic heterocycles. The Morgan fingerprint density at radius 2 is 1.78 bits per heavy atom. The van der Waals surface area contributed by atoms with Gasteiger partial charge in [-0.25, -0.2) is 0 Å². The van der Waals surface area contributed by atoms with Gasteiger partial charge in [-0.2, -0.15) is 0 Å². The molecule has 2 N–H and O–H groups in total. The van der Waals surface area contributed by atoms with E-state index in [0.29, 0.717) is 18.6 Å². The number of guanidine groups is 1. The first-order chi connectivity index (χ1) is 11.0. The summed E-state index contributed by atoms with van der Waals surface area (Å²) in [5, 5.41) is 6.71. The van der Waals surface area contributed by atoms with Crippen LogP contribution in [-0.4, -0.2) is 50.2 Å². The number of benzene rings is 1. The van der Waals surface area contributed by atoms with Crippen LogP contribution in [0.5, 0.6) is 5.75 Å². The Bertz CT molecular complexity index is 478. The Balaban J connectivity index is 2.46. The number of ether oxygens (including phenoxy) is 1. The van der Waals surface area contributed by atoms with Crippen molar-refractivity contribution in [3.8, 4) is 5.75 Å². The Hall–Kier alpha value is -1.75. The summed E-state index contributed by atoms with van der Waals surface area (Å²) < 4.78 is 5.37. The second-order valence-electron chi connectivity index (χ2n) is 6.09. The molecule has 23 heavy (non-hydrogen) atoms. The van der Waals surface area contributed by atoms with Crippen LogP contribution < -0.4 is 15.4 Å². The zero-order valence-corrected chi connectivity index (χ0v) is 15.4. The van der Waals surface area contributed by atoms with Gasteiger partial charge in [-0.1, -0.05) is 18.2 Å². The number of nitrogens with zero attached hydrogens (tertiary/aromatic N) is 2. The van der Waals surface area contributed by atoms with E-state index in [0.717, 1.165) is 30.4 Å². The summed E-state index contributed by atoms with van der Waals surface area (Å²) in [5.74, 6) is 1.70. The Kier molecular flexibility index (Phi) is 8.48. The number of methoxy groups -OCH3 is 1. The molecule has 1 aromatic carbocycles. The summed E-state index contributed by atoms with van der Waals surface area (Å²) in [5.41, 5.74) is 1.11. The normalized spacial score (nSPS) is 12.1. The molecule has 1 rings (SSSR count). The number of hydrogen-bond donors (Lipinski definition) is 2. The Labute approximate surface area is 141 Å². The average molecular weight is 320 g/mol. The summed E-state index contributed by atoms with van der Waals surface area (Å²) in [4.78, 5) is 6.74. The number of para-hydroxylation sites is 1. The van der Waals surface area contributed by atoms with Crippen LogP contribution in [0.4, 0.5) is 0 Å². The highest BCUT2D eigenvalue weighted by atomic mass is 16.5. The molecule has 0 saturated carbocycles. The van der Waals surface area contributed by atoms with Crippen molar-refractivity contribution in [3.05, 3.63) is 29.8 Å². The third kappa shape index (κ3) is 6.48. The third-order valence-electron chi connectivity index (χ3n) is 3.85. The molecular formula is C18H32N4O. The van der Waals surface area contributed by atoms with Crippen molar-refractivity contribution in [3.63, 3.8) is 0 Å². The third-order valence-corrected chi connectivity index (χ3v) is 3.85. The largest absolute Gasteiger partial charge is 0.496 e. The van der Waals surface area contributed by atoms with Crippen LogP contribution >= 0.6 is 0 Å². The predicted molar refractivity (Wildman–Crippen MR) is 98.2 cm³/mol. The fraction of sp³-hybridized carbons (Fsp3) is 0.611. The van der Waals surface area contributed by atoms with Crippen molar-refractivity contribution >= 4 is 5.96 Å². The smallest absolute Gasteiger partial charge is 0.191 e. The van der Waals surface area contributed by atoms with E-state index < -0.39 is 0 Å². The molecule has 5 heteroatoms. The summed E-state index contributed by atoms with van der Waals surface area (Å²) in [6.45, 7) is 11.5. The highest BCUT2D eigenvalue weighted by molar-refractivity contribution is 5.79. The average Bonchev–Trinajstić information content (AvgIpc) is 2.53. The second kappa shape index (κ2) is 10.1. The molecule has 0 bridgehead atoms. The van der Waals surface area contributed by atoms with Crippen LogP contribution in [0.15, 0.2) is 29.3 Å². The van der Waals surface area contributed by atoms with E-state index >= 15 is 0 Å². The molecule has 0 heterocycles. The number of rotatable bonds is 8. The van der Waals surface area contributed by atoms with Crippen LogP contribution in [-0.2, 0) is 6.54 Å². The van der Waals surface area contributed by atoms with Crippen LogP contribution in [0.3, 0.4) is 0 Å². The van der Waals surface area contributed by atoms with Gasteiger partial charge in [0.15, 0.2) is 5.96 Å². The topological polar surface area (TPSA) is 48.9 Å². The number of nitrogens with one attached hydrogen (secondary N) is 2. The first-order valence-corrected chi connectivity index (χ1v) is 8.31. The standard InChI is InChI=1S/C18H32N4O/c1-14(2)22(15(3)4)12-11-20-18(19-5)21-13-16-9-7-8-10-17(16)23-6/h7-10,14-15H,11-13H2,1-6H3,(H2,19,20,21). The fourth-order valence-electron chi connectivity index (χ4n) is 2.66. The van der Waals surface area contributed by atoms with Crippen molar-refractivity contribution < 1.29 is 4.74 Å². The zero-order chi connectivity index (χ0) is 17.2. The van der Waals surface area contributed by atoms with Gasteiger partial charge in [0.1, 0.15) is 5.75 Å². The molecule has 0 aliphatic heterocycles. The highest BCUT2D eigenvalue weighted by Crippen LogP contribution is 2.16. The summed E-state index contributed by atoms with van der Waals surface area (Å²) in [6.07, 6.45) is 0. The lowest BCUT2D eigenvalue weighted by Gasteiger charge is -2.30. The molecule has 130 valence electrons. The molecule has 0 amide bonds. The predicted octanol–water partition coefficient (Wildman–Crippen LogP) is 2.48. The number of hydrogen-bond acceptors (Lipinski definition) is 3. The minimum absolute atomic E-state index is 0.542. The van der Waals surface area contributed by atoms with E-state index in [2.05, 4.69) is 54.3 Å². The lowest BCUT2D eigenvalue weighted by atomic mass is 10.2. The minimum atomic E-state index is 0.542. The van der Waals surface area contributed by atoms with Gasteiger partial charge in [0.2, 0.25) is 0 Å². The molecule has 0 aliphatic carbocycles. The van der Waals surface area contributed by atoms with E-state index in [1.165, 1.54) is 0 Å². The first-order valence-electron chi connectivity index (χ1n) is 8.31. The van der Waals surface area contributed by atoms with E-state index in [1.807, 2.05) is 18.2 Å². The van der Waals surface area contributed by atoms with Crippen LogP contribution in [0.1, 0.15) is 33.3 Å².